The summed E-state index contributed by atoms with van der Waals surface area (Å²) in [6.07, 6.45) is 1.07. The fourth-order valence-corrected chi connectivity index (χ4v) is 4.72. The molecule has 1 saturated heterocycles. The number of carboxylic acid groups (broad SMARTS) is 1. The number of carbonyl (C=O) groups excluding carboxylic acids is 1. The number of benzene rings is 2. The van der Waals surface area contributed by atoms with E-state index in [4.69, 9.17) is 5.11 Å². The topological polar surface area (TPSA) is 89.9 Å². The Morgan fingerprint density at radius 1 is 1.19 bits per heavy atom. The number of aliphatic carboxylic acids is 1. The molecule has 6 nitrogen and oxygen atoms in total. The Balaban J connectivity index is 1.86. The molecular formula is C25H32N2O4. The predicted molar refractivity (Wildman–Crippen MR) is 120 cm³/mol. The molecule has 3 unspecified atom stereocenters. The van der Waals surface area contributed by atoms with E-state index in [-0.39, 0.29) is 36.0 Å². The van der Waals surface area contributed by atoms with Gasteiger partial charge in [0, 0.05) is 13.0 Å². The van der Waals surface area contributed by atoms with E-state index in [0.29, 0.717) is 0 Å². The van der Waals surface area contributed by atoms with Crippen LogP contribution in [-0.4, -0.2) is 46.6 Å². The zero-order valence-corrected chi connectivity index (χ0v) is 18.5. The number of aromatic hydroxyl groups is 1. The number of amides is 1. The summed E-state index contributed by atoms with van der Waals surface area (Å²) >= 11 is 0. The average molecular weight is 425 g/mol. The summed E-state index contributed by atoms with van der Waals surface area (Å²) in [5.74, 6) is -0.767. The Hall–Kier alpha value is -2.86. The van der Waals surface area contributed by atoms with Gasteiger partial charge in [-0.25, -0.2) is 0 Å². The highest BCUT2D eigenvalue weighted by molar-refractivity contribution is 5.82. The summed E-state index contributed by atoms with van der Waals surface area (Å²) in [5.41, 5.74) is 1.52. The number of carbonyl (C=O) groups is 2. The third-order valence-electron chi connectivity index (χ3n) is 7.02. The molecular weight excluding hydrogens is 392 g/mol. The van der Waals surface area contributed by atoms with Crippen LogP contribution < -0.4 is 5.32 Å². The minimum absolute atomic E-state index is 0.0849. The highest BCUT2D eigenvalue weighted by atomic mass is 16.4. The second-order valence-corrected chi connectivity index (χ2v) is 9.05. The Morgan fingerprint density at radius 3 is 2.52 bits per heavy atom. The lowest BCUT2D eigenvalue weighted by molar-refractivity contribution is -0.138. The van der Waals surface area contributed by atoms with Gasteiger partial charge in [-0.15, -0.1) is 0 Å². The Morgan fingerprint density at radius 2 is 1.90 bits per heavy atom. The molecule has 3 N–H and O–H groups in total. The quantitative estimate of drug-likeness (QED) is 0.633. The largest absolute Gasteiger partial charge is 0.508 e. The van der Waals surface area contributed by atoms with Gasteiger partial charge in [-0.2, -0.15) is 0 Å². The molecule has 31 heavy (non-hydrogen) atoms. The zero-order chi connectivity index (χ0) is 22.6. The molecule has 3 rings (SSSR count). The number of hydrogen-bond donors (Lipinski definition) is 3. The van der Waals surface area contributed by atoms with Gasteiger partial charge in [0.25, 0.3) is 0 Å². The van der Waals surface area contributed by atoms with E-state index >= 15 is 0 Å². The van der Waals surface area contributed by atoms with Crippen LogP contribution in [0.25, 0.3) is 0 Å². The lowest BCUT2D eigenvalue weighted by Crippen LogP contribution is -2.55. The van der Waals surface area contributed by atoms with Gasteiger partial charge in [0.15, 0.2) is 0 Å². The van der Waals surface area contributed by atoms with Gasteiger partial charge in [-0.05, 0) is 54.5 Å². The first-order valence-corrected chi connectivity index (χ1v) is 10.7. The molecule has 0 aliphatic carbocycles. The van der Waals surface area contributed by atoms with E-state index in [0.717, 1.165) is 30.6 Å². The first kappa shape index (κ1) is 22.8. The maximum Gasteiger partial charge on any atom is 0.322 e. The molecule has 0 bridgehead atoms. The van der Waals surface area contributed by atoms with Crippen LogP contribution in [0.3, 0.4) is 0 Å². The van der Waals surface area contributed by atoms with E-state index in [1.54, 1.807) is 6.07 Å². The van der Waals surface area contributed by atoms with E-state index < -0.39 is 11.5 Å². The molecule has 1 fully saturated rings. The van der Waals surface area contributed by atoms with Crippen LogP contribution >= 0.6 is 0 Å². The first-order valence-electron chi connectivity index (χ1n) is 10.7. The summed E-state index contributed by atoms with van der Waals surface area (Å²) < 4.78 is 0. The second kappa shape index (κ2) is 9.10. The van der Waals surface area contributed by atoms with Crippen molar-refractivity contribution in [3.63, 3.8) is 0 Å². The maximum atomic E-state index is 12.6. The van der Waals surface area contributed by atoms with Crippen molar-refractivity contribution >= 4 is 11.9 Å². The van der Waals surface area contributed by atoms with E-state index in [1.807, 2.05) is 42.5 Å². The minimum atomic E-state index is -1.05. The van der Waals surface area contributed by atoms with Gasteiger partial charge in [-0.1, -0.05) is 56.3 Å². The molecule has 3 atom stereocenters. The number of phenols is 1. The molecule has 0 aromatic heterocycles. The highest BCUT2D eigenvalue weighted by Gasteiger charge is 2.44. The van der Waals surface area contributed by atoms with Crippen molar-refractivity contribution in [3.8, 4) is 5.75 Å². The normalized spacial score (nSPS) is 23.6. The third kappa shape index (κ3) is 4.90. The number of nitrogens with one attached hydrogen (secondary N) is 1. The Labute approximate surface area is 183 Å². The van der Waals surface area contributed by atoms with Gasteiger partial charge in [-0.3, -0.25) is 14.5 Å². The van der Waals surface area contributed by atoms with Crippen molar-refractivity contribution in [1.29, 1.82) is 0 Å². The lowest BCUT2D eigenvalue weighted by atomic mass is 9.67. The SMILES string of the molecule is CC1CN(C(C)(CC(=O)NCC(=O)O)c2ccccc2)CCC1(C)c1cccc(O)c1. The standard InChI is InChI=1S/C25H32N2O4/c1-18-17-27(13-12-24(18,2)20-10-7-11-21(28)14-20)25(3,19-8-5-4-6-9-19)15-22(29)26-16-23(30)31/h4-11,14,18,28H,12-13,15-17H2,1-3H3,(H,26,29)(H,30,31). The summed E-state index contributed by atoms with van der Waals surface area (Å²) in [5, 5.41) is 21.4. The summed E-state index contributed by atoms with van der Waals surface area (Å²) in [6.45, 7) is 7.70. The van der Waals surface area contributed by atoms with Crippen LogP contribution in [0.1, 0.15) is 44.7 Å². The number of carboxylic acids is 1. The molecule has 0 saturated carbocycles. The predicted octanol–water partition coefficient (Wildman–Crippen LogP) is 3.50. The van der Waals surface area contributed by atoms with E-state index in [9.17, 15) is 14.7 Å². The molecule has 0 spiro atoms. The van der Waals surface area contributed by atoms with Crippen LogP contribution in [0.4, 0.5) is 0 Å². The van der Waals surface area contributed by atoms with Crippen molar-refractivity contribution < 1.29 is 19.8 Å². The van der Waals surface area contributed by atoms with Crippen molar-refractivity contribution in [3.05, 3.63) is 65.7 Å². The van der Waals surface area contributed by atoms with Gasteiger partial charge in [0.2, 0.25) is 5.91 Å². The van der Waals surface area contributed by atoms with Crippen molar-refractivity contribution in [2.75, 3.05) is 19.6 Å². The smallest absolute Gasteiger partial charge is 0.322 e. The van der Waals surface area contributed by atoms with Gasteiger partial charge >= 0.3 is 5.97 Å². The number of phenolic OH excluding ortho intramolecular Hbond substituents is 1. The highest BCUT2D eigenvalue weighted by Crippen LogP contribution is 2.44. The average Bonchev–Trinajstić information content (AvgIpc) is 2.74. The van der Waals surface area contributed by atoms with E-state index in [1.165, 1.54) is 0 Å². The molecule has 2 aromatic rings. The van der Waals surface area contributed by atoms with Crippen LogP contribution in [0.5, 0.6) is 5.75 Å². The van der Waals surface area contributed by atoms with Gasteiger partial charge in [0.05, 0.1) is 5.54 Å². The number of nitrogens with zero attached hydrogens (tertiary/aromatic N) is 1. The lowest BCUT2D eigenvalue weighted by Gasteiger charge is -2.51. The fourth-order valence-electron chi connectivity index (χ4n) is 4.72. The molecule has 6 heteroatoms. The molecule has 166 valence electrons. The summed E-state index contributed by atoms with van der Waals surface area (Å²) in [4.78, 5) is 25.8. The number of rotatable bonds is 7. The number of likely N-dealkylation sites (tertiary alicyclic amines) is 1. The zero-order valence-electron chi connectivity index (χ0n) is 18.5. The fraction of sp³-hybridized carbons (Fsp3) is 0.440. The molecule has 1 aliphatic rings. The van der Waals surface area contributed by atoms with Crippen molar-refractivity contribution in [1.82, 2.24) is 10.2 Å². The second-order valence-electron chi connectivity index (χ2n) is 9.05. The molecule has 2 aromatic carbocycles. The van der Waals surface area contributed by atoms with Crippen LogP contribution in [0, 0.1) is 5.92 Å². The van der Waals surface area contributed by atoms with Crippen LogP contribution in [-0.2, 0) is 20.5 Å². The maximum absolute atomic E-state index is 12.6. The summed E-state index contributed by atoms with van der Waals surface area (Å²) in [6, 6.07) is 17.4. The monoisotopic (exact) mass is 424 g/mol. The summed E-state index contributed by atoms with van der Waals surface area (Å²) in [7, 11) is 0. The molecule has 0 radical (unpaired) electrons. The number of hydrogen-bond acceptors (Lipinski definition) is 4. The molecule has 1 heterocycles. The number of piperidine rings is 1. The van der Waals surface area contributed by atoms with Crippen LogP contribution in [0.15, 0.2) is 54.6 Å². The van der Waals surface area contributed by atoms with E-state index in [2.05, 4.69) is 37.1 Å². The van der Waals surface area contributed by atoms with Crippen molar-refractivity contribution in [2.45, 2.75) is 44.6 Å². The van der Waals surface area contributed by atoms with Crippen LogP contribution in [0.2, 0.25) is 0 Å². The molecule has 1 amide bonds. The Kier molecular flexibility index (Phi) is 6.70. The van der Waals surface area contributed by atoms with Crippen molar-refractivity contribution in [2.24, 2.45) is 5.92 Å². The third-order valence-corrected chi connectivity index (χ3v) is 7.02. The first-order chi connectivity index (χ1) is 14.6. The molecule has 1 aliphatic heterocycles. The van der Waals surface area contributed by atoms with Gasteiger partial charge < -0.3 is 15.5 Å². The Bertz CT molecular complexity index is 932. The minimum Gasteiger partial charge on any atom is -0.508 e. The van der Waals surface area contributed by atoms with Gasteiger partial charge in [0.1, 0.15) is 12.3 Å².